The van der Waals surface area contributed by atoms with E-state index < -0.39 is 6.10 Å². The molecule has 0 bridgehead atoms. The van der Waals surface area contributed by atoms with Crippen LogP contribution in [0.5, 0.6) is 0 Å². The van der Waals surface area contributed by atoms with Gasteiger partial charge in [0.25, 0.3) is 0 Å². The van der Waals surface area contributed by atoms with E-state index in [1.54, 1.807) is 0 Å². The molecule has 0 aliphatic heterocycles. The molecule has 5 nitrogen and oxygen atoms in total. The first kappa shape index (κ1) is 46.1. The van der Waals surface area contributed by atoms with Crippen molar-refractivity contribution in [3.8, 4) is 0 Å². The second-order valence-electron chi connectivity index (χ2n) is 13.7. The minimum Gasteiger partial charge on any atom is -0.462 e. The lowest BCUT2D eigenvalue weighted by Crippen LogP contribution is -2.28. The third kappa shape index (κ3) is 36.9. The monoisotopic (exact) mass is 675 g/mol. The average molecular weight is 675 g/mol. The van der Waals surface area contributed by atoms with Crippen molar-refractivity contribution in [3.63, 3.8) is 0 Å². The van der Waals surface area contributed by atoms with Crippen molar-refractivity contribution in [2.75, 3.05) is 13.2 Å². The second-order valence-corrected chi connectivity index (χ2v) is 13.7. The molecule has 1 N–H and O–H groups in total. The van der Waals surface area contributed by atoms with Crippen LogP contribution in [0, 0.1) is 0 Å². The molecule has 0 aliphatic carbocycles. The summed E-state index contributed by atoms with van der Waals surface area (Å²) in [6, 6.07) is 0. The van der Waals surface area contributed by atoms with Gasteiger partial charge in [-0.05, 0) is 44.9 Å². The highest BCUT2D eigenvalue weighted by molar-refractivity contribution is 5.70. The van der Waals surface area contributed by atoms with Crippen molar-refractivity contribution >= 4 is 11.9 Å². The number of esters is 2. The predicted octanol–water partition coefficient (Wildman–Crippen LogP) is 12.8. The van der Waals surface area contributed by atoms with Gasteiger partial charge in [0, 0.05) is 12.8 Å². The lowest BCUT2D eigenvalue weighted by molar-refractivity contribution is -0.161. The number of carbonyl (C=O) groups excluding carboxylic acids is 2. The zero-order valence-corrected chi connectivity index (χ0v) is 31.7. The van der Waals surface area contributed by atoms with E-state index in [4.69, 9.17) is 9.47 Å². The molecule has 280 valence electrons. The number of aliphatic hydroxyl groups excluding tert-OH is 1. The second kappa shape index (κ2) is 39.6. The lowest BCUT2D eigenvalue weighted by atomic mass is 10.0. The Kier molecular flexibility index (Phi) is 38.0. The Morgan fingerprint density at radius 3 is 1.31 bits per heavy atom. The number of unbranched alkanes of at least 4 members (excludes halogenated alkanes) is 23. The Bertz CT molecular complexity index is 771. The molecule has 0 radical (unpaired) electrons. The molecule has 0 fully saturated rings. The predicted molar refractivity (Wildman–Crippen MR) is 205 cm³/mol. The standard InChI is InChI=1S/C43H78O5/c1-3-5-7-9-11-13-15-17-19-21-23-25-27-29-31-33-35-37-42(45)47-40-41(39-44)48-43(46)38-36-34-32-30-28-26-24-22-20-18-16-14-12-10-8-6-4-2/h18,20,24,26,30,32,41,44H,3-17,19,21-23,25,27-29,31,33-40H2,1-2H3/b20-18-,26-24-,32-30-/t41-/m0/s1. The van der Waals surface area contributed by atoms with Crippen molar-refractivity contribution in [3.05, 3.63) is 36.5 Å². The number of rotatable bonds is 37. The van der Waals surface area contributed by atoms with E-state index in [2.05, 4.69) is 50.3 Å². The summed E-state index contributed by atoms with van der Waals surface area (Å²) in [4.78, 5) is 24.2. The SMILES string of the molecule is CCCCCCCC/C=C\C/C=C\C/C=C\CCCC(=O)O[C@@H](CO)COC(=O)CCCCCCCCCCCCCCCCCCC. The molecule has 48 heavy (non-hydrogen) atoms. The van der Waals surface area contributed by atoms with Crippen molar-refractivity contribution in [1.82, 2.24) is 0 Å². The third-order valence-electron chi connectivity index (χ3n) is 8.94. The first-order valence-corrected chi connectivity index (χ1v) is 20.5. The summed E-state index contributed by atoms with van der Waals surface area (Å²) in [5.74, 6) is -0.645. The zero-order valence-electron chi connectivity index (χ0n) is 31.7. The molecule has 0 amide bonds. The maximum atomic E-state index is 12.1. The number of aliphatic hydroxyl groups is 1. The van der Waals surface area contributed by atoms with E-state index in [-0.39, 0.29) is 31.6 Å². The van der Waals surface area contributed by atoms with Crippen molar-refractivity contribution < 1.29 is 24.2 Å². The Hall–Kier alpha value is -1.88. The Morgan fingerprint density at radius 2 is 0.854 bits per heavy atom. The van der Waals surface area contributed by atoms with Crippen LogP contribution in [-0.2, 0) is 19.1 Å². The highest BCUT2D eigenvalue weighted by Crippen LogP contribution is 2.15. The van der Waals surface area contributed by atoms with Crippen molar-refractivity contribution in [2.24, 2.45) is 0 Å². The van der Waals surface area contributed by atoms with Gasteiger partial charge in [0.05, 0.1) is 6.61 Å². The van der Waals surface area contributed by atoms with Gasteiger partial charge in [-0.2, -0.15) is 0 Å². The molecule has 0 aromatic carbocycles. The van der Waals surface area contributed by atoms with Crippen LogP contribution in [-0.4, -0.2) is 36.4 Å². The number of ether oxygens (including phenoxy) is 2. The van der Waals surface area contributed by atoms with Gasteiger partial charge in [-0.3, -0.25) is 9.59 Å². The van der Waals surface area contributed by atoms with Crippen molar-refractivity contribution in [2.45, 2.75) is 213 Å². The number of allylic oxidation sites excluding steroid dienone is 6. The average Bonchev–Trinajstić information content (AvgIpc) is 3.09. The maximum Gasteiger partial charge on any atom is 0.306 e. The first-order chi connectivity index (χ1) is 23.6. The van der Waals surface area contributed by atoms with Crippen LogP contribution in [0.4, 0.5) is 0 Å². The van der Waals surface area contributed by atoms with Gasteiger partial charge in [-0.15, -0.1) is 0 Å². The van der Waals surface area contributed by atoms with E-state index in [1.165, 1.54) is 135 Å². The van der Waals surface area contributed by atoms with Gasteiger partial charge in [0.2, 0.25) is 0 Å². The summed E-state index contributed by atoms with van der Waals surface area (Å²) in [5.41, 5.74) is 0. The lowest BCUT2D eigenvalue weighted by Gasteiger charge is -2.15. The van der Waals surface area contributed by atoms with Crippen LogP contribution < -0.4 is 0 Å². The Balaban J connectivity index is 3.60. The molecule has 0 aromatic rings. The molecule has 0 aromatic heterocycles. The van der Waals surface area contributed by atoms with Gasteiger partial charge in [0.1, 0.15) is 6.61 Å². The fourth-order valence-corrected chi connectivity index (χ4v) is 5.81. The molecule has 0 spiro atoms. The highest BCUT2D eigenvalue weighted by Gasteiger charge is 2.16. The largest absolute Gasteiger partial charge is 0.462 e. The molecular formula is C43H78O5. The molecule has 5 heteroatoms. The number of hydrogen-bond donors (Lipinski definition) is 1. The molecule has 0 saturated heterocycles. The summed E-state index contributed by atoms with van der Waals surface area (Å²) in [7, 11) is 0. The number of carbonyl (C=O) groups is 2. The molecule has 0 aliphatic rings. The molecule has 0 saturated carbocycles. The van der Waals surface area contributed by atoms with E-state index in [1.807, 2.05) is 0 Å². The zero-order chi connectivity index (χ0) is 35.0. The smallest absolute Gasteiger partial charge is 0.306 e. The summed E-state index contributed by atoms with van der Waals surface area (Å²) in [6.45, 7) is 4.10. The molecule has 0 heterocycles. The molecular weight excluding hydrogens is 596 g/mol. The Morgan fingerprint density at radius 1 is 0.479 bits per heavy atom. The minimum atomic E-state index is -0.794. The van der Waals surface area contributed by atoms with Gasteiger partial charge in [-0.1, -0.05) is 185 Å². The maximum absolute atomic E-state index is 12.1. The third-order valence-corrected chi connectivity index (χ3v) is 8.94. The summed E-state index contributed by atoms with van der Waals surface area (Å²) >= 11 is 0. The van der Waals surface area contributed by atoms with E-state index >= 15 is 0 Å². The van der Waals surface area contributed by atoms with Crippen molar-refractivity contribution in [1.29, 1.82) is 0 Å². The van der Waals surface area contributed by atoms with Crippen LogP contribution >= 0.6 is 0 Å². The summed E-state index contributed by atoms with van der Waals surface area (Å²) < 4.78 is 10.6. The molecule has 1 atom stereocenters. The quantitative estimate of drug-likeness (QED) is 0.0403. The fourth-order valence-electron chi connectivity index (χ4n) is 5.81. The topological polar surface area (TPSA) is 72.8 Å². The van der Waals surface area contributed by atoms with E-state index in [9.17, 15) is 14.7 Å². The van der Waals surface area contributed by atoms with Crippen LogP contribution in [0.2, 0.25) is 0 Å². The number of hydrogen-bond acceptors (Lipinski definition) is 5. The minimum absolute atomic E-state index is 0.0828. The van der Waals surface area contributed by atoms with Gasteiger partial charge in [0.15, 0.2) is 6.10 Å². The summed E-state index contributed by atoms with van der Waals surface area (Å²) in [5, 5.41) is 9.55. The highest BCUT2D eigenvalue weighted by atomic mass is 16.6. The van der Waals surface area contributed by atoms with Crippen LogP contribution in [0.1, 0.15) is 206 Å². The summed E-state index contributed by atoms with van der Waals surface area (Å²) in [6.07, 6.45) is 47.8. The first-order valence-electron chi connectivity index (χ1n) is 20.5. The molecule has 0 rings (SSSR count). The van der Waals surface area contributed by atoms with Crippen LogP contribution in [0.25, 0.3) is 0 Å². The van der Waals surface area contributed by atoms with E-state index in [0.29, 0.717) is 12.8 Å². The van der Waals surface area contributed by atoms with Crippen LogP contribution in [0.3, 0.4) is 0 Å². The van der Waals surface area contributed by atoms with Gasteiger partial charge < -0.3 is 14.6 Å². The molecule has 0 unspecified atom stereocenters. The van der Waals surface area contributed by atoms with Gasteiger partial charge >= 0.3 is 11.9 Å². The normalized spacial score (nSPS) is 12.5. The Labute approximate surface area is 297 Å². The van der Waals surface area contributed by atoms with E-state index in [0.717, 1.165) is 38.5 Å². The fraction of sp³-hybridized carbons (Fsp3) is 0.814. The van der Waals surface area contributed by atoms with Crippen LogP contribution in [0.15, 0.2) is 36.5 Å². The van der Waals surface area contributed by atoms with Gasteiger partial charge in [-0.25, -0.2) is 0 Å².